The standard InChI is InChI=1S/C13H10N2O/c16-13-12-6-2-1-4-10(12)9-15(13)11-5-3-7-14-8-11/h1-8H,9H2. The van der Waals surface area contributed by atoms with Crippen molar-refractivity contribution in [2.24, 2.45) is 0 Å². The molecule has 2 aromatic rings. The maximum Gasteiger partial charge on any atom is 0.258 e. The van der Waals surface area contributed by atoms with Gasteiger partial charge in [0.2, 0.25) is 0 Å². The first-order chi connectivity index (χ1) is 7.86. The number of carbonyl (C=O) groups excluding carboxylic acids is 1. The molecule has 3 heteroatoms. The lowest BCUT2D eigenvalue weighted by Gasteiger charge is -2.14. The van der Waals surface area contributed by atoms with E-state index in [2.05, 4.69) is 4.98 Å². The lowest BCUT2D eigenvalue weighted by Crippen LogP contribution is -2.22. The molecule has 0 aliphatic carbocycles. The molecule has 1 aliphatic heterocycles. The van der Waals surface area contributed by atoms with Crippen molar-refractivity contribution in [3.05, 3.63) is 59.9 Å². The molecule has 0 unspecified atom stereocenters. The fraction of sp³-hybridized carbons (Fsp3) is 0.0769. The molecule has 2 heterocycles. The summed E-state index contributed by atoms with van der Waals surface area (Å²) in [6.45, 7) is 0.640. The smallest absolute Gasteiger partial charge is 0.258 e. The summed E-state index contributed by atoms with van der Waals surface area (Å²) in [6, 6.07) is 11.4. The molecule has 1 aromatic heterocycles. The van der Waals surface area contributed by atoms with Gasteiger partial charge in [0.15, 0.2) is 0 Å². The zero-order chi connectivity index (χ0) is 11.0. The second kappa shape index (κ2) is 3.45. The molecule has 16 heavy (non-hydrogen) atoms. The van der Waals surface area contributed by atoms with Gasteiger partial charge in [-0.15, -0.1) is 0 Å². The van der Waals surface area contributed by atoms with Gasteiger partial charge in [-0.05, 0) is 23.8 Å². The summed E-state index contributed by atoms with van der Waals surface area (Å²) in [5.41, 5.74) is 2.73. The molecule has 0 atom stereocenters. The maximum absolute atomic E-state index is 12.1. The highest BCUT2D eigenvalue weighted by Gasteiger charge is 2.27. The van der Waals surface area contributed by atoms with Crippen LogP contribution in [0.5, 0.6) is 0 Å². The van der Waals surface area contributed by atoms with Gasteiger partial charge in [0.25, 0.3) is 5.91 Å². The van der Waals surface area contributed by atoms with Gasteiger partial charge in [0.1, 0.15) is 0 Å². The molecule has 0 radical (unpaired) electrons. The lowest BCUT2D eigenvalue weighted by atomic mass is 10.1. The van der Waals surface area contributed by atoms with Crippen LogP contribution >= 0.6 is 0 Å². The van der Waals surface area contributed by atoms with E-state index in [4.69, 9.17) is 0 Å². The Bertz CT molecular complexity index is 537. The minimum atomic E-state index is 0.0589. The number of aromatic nitrogens is 1. The van der Waals surface area contributed by atoms with E-state index in [1.54, 1.807) is 17.3 Å². The quantitative estimate of drug-likeness (QED) is 0.723. The van der Waals surface area contributed by atoms with Crippen LogP contribution in [0.2, 0.25) is 0 Å². The number of rotatable bonds is 1. The summed E-state index contributed by atoms with van der Waals surface area (Å²) < 4.78 is 0. The van der Waals surface area contributed by atoms with E-state index < -0.39 is 0 Å². The average Bonchev–Trinajstić information content (AvgIpc) is 2.69. The molecule has 0 fully saturated rings. The number of carbonyl (C=O) groups is 1. The monoisotopic (exact) mass is 210 g/mol. The fourth-order valence-electron chi connectivity index (χ4n) is 1.98. The van der Waals surface area contributed by atoms with E-state index in [0.29, 0.717) is 6.54 Å². The van der Waals surface area contributed by atoms with Crippen LogP contribution in [-0.2, 0) is 6.54 Å². The van der Waals surface area contributed by atoms with Crippen molar-refractivity contribution < 1.29 is 4.79 Å². The third kappa shape index (κ3) is 1.29. The van der Waals surface area contributed by atoms with Gasteiger partial charge in [-0.25, -0.2) is 0 Å². The molecule has 3 rings (SSSR count). The molecule has 1 amide bonds. The van der Waals surface area contributed by atoms with Gasteiger partial charge in [-0.1, -0.05) is 18.2 Å². The van der Waals surface area contributed by atoms with Gasteiger partial charge < -0.3 is 4.90 Å². The van der Waals surface area contributed by atoms with Crippen molar-refractivity contribution in [1.29, 1.82) is 0 Å². The van der Waals surface area contributed by atoms with Gasteiger partial charge in [0, 0.05) is 11.8 Å². The normalized spacial score (nSPS) is 14.0. The Kier molecular flexibility index (Phi) is 1.96. The Morgan fingerprint density at radius 2 is 2.00 bits per heavy atom. The van der Waals surface area contributed by atoms with Crippen LogP contribution in [0.1, 0.15) is 15.9 Å². The fourth-order valence-corrected chi connectivity index (χ4v) is 1.98. The van der Waals surface area contributed by atoms with Crippen LogP contribution in [0.25, 0.3) is 0 Å². The van der Waals surface area contributed by atoms with Crippen molar-refractivity contribution in [2.45, 2.75) is 6.54 Å². The number of benzene rings is 1. The van der Waals surface area contributed by atoms with E-state index in [1.807, 2.05) is 36.4 Å². The largest absolute Gasteiger partial charge is 0.302 e. The van der Waals surface area contributed by atoms with E-state index >= 15 is 0 Å². The maximum atomic E-state index is 12.1. The molecule has 0 saturated heterocycles. The van der Waals surface area contributed by atoms with Gasteiger partial charge in [0.05, 0.1) is 18.4 Å². The number of anilines is 1. The predicted octanol–water partition coefficient (Wildman–Crippen LogP) is 2.24. The summed E-state index contributed by atoms with van der Waals surface area (Å²) in [4.78, 5) is 17.9. The van der Waals surface area contributed by atoms with E-state index in [1.165, 1.54) is 0 Å². The average molecular weight is 210 g/mol. The van der Waals surface area contributed by atoms with Crippen LogP contribution in [0.4, 0.5) is 5.69 Å². The number of amides is 1. The summed E-state index contributed by atoms with van der Waals surface area (Å²) in [5, 5.41) is 0. The highest BCUT2D eigenvalue weighted by Crippen LogP contribution is 2.27. The first-order valence-corrected chi connectivity index (χ1v) is 5.16. The molecular formula is C13H10N2O. The van der Waals surface area contributed by atoms with E-state index in [-0.39, 0.29) is 5.91 Å². The highest BCUT2D eigenvalue weighted by atomic mass is 16.2. The van der Waals surface area contributed by atoms with Gasteiger partial charge in [-0.2, -0.15) is 0 Å². The zero-order valence-corrected chi connectivity index (χ0v) is 8.63. The van der Waals surface area contributed by atoms with E-state index in [9.17, 15) is 4.79 Å². The summed E-state index contributed by atoms with van der Waals surface area (Å²) in [7, 11) is 0. The second-order valence-corrected chi connectivity index (χ2v) is 3.76. The predicted molar refractivity (Wildman–Crippen MR) is 61.2 cm³/mol. The number of hydrogen-bond donors (Lipinski definition) is 0. The summed E-state index contributed by atoms with van der Waals surface area (Å²) in [6.07, 6.45) is 3.42. The van der Waals surface area contributed by atoms with Crippen LogP contribution in [0.3, 0.4) is 0 Å². The first-order valence-electron chi connectivity index (χ1n) is 5.16. The minimum Gasteiger partial charge on any atom is -0.302 e. The Morgan fingerprint density at radius 1 is 1.12 bits per heavy atom. The van der Waals surface area contributed by atoms with Crippen molar-refractivity contribution in [3.63, 3.8) is 0 Å². The first kappa shape index (κ1) is 9.09. The van der Waals surface area contributed by atoms with Crippen LogP contribution in [-0.4, -0.2) is 10.9 Å². The number of hydrogen-bond acceptors (Lipinski definition) is 2. The third-order valence-corrected chi connectivity index (χ3v) is 2.78. The van der Waals surface area contributed by atoms with Crippen molar-refractivity contribution in [1.82, 2.24) is 4.98 Å². The molecule has 0 saturated carbocycles. The molecule has 1 aromatic carbocycles. The SMILES string of the molecule is O=C1c2ccccc2CN1c1cccnc1. The number of fused-ring (bicyclic) bond motifs is 1. The Hall–Kier alpha value is -2.16. The highest BCUT2D eigenvalue weighted by molar-refractivity contribution is 6.09. The minimum absolute atomic E-state index is 0.0589. The van der Waals surface area contributed by atoms with E-state index in [0.717, 1.165) is 16.8 Å². The number of nitrogens with zero attached hydrogens (tertiary/aromatic N) is 2. The molecule has 1 aliphatic rings. The lowest BCUT2D eigenvalue weighted by molar-refractivity contribution is 0.0996. The second-order valence-electron chi connectivity index (χ2n) is 3.76. The Labute approximate surface area is 93.4 Å². The van der Waals surface area contributed by atoms with Crippen molar-refractivity contribution in [3.8, 4) is 0 Å². The van der Waals surface area contributed by atoms with Gasteiger partial charge >= 0.3 is 0 Å². The Balaban J connectivity index is 2.02. The van der Waals surface area contributed by atoms with Crippen LogP contribution < -0.4 is 4.90 Å². The molecule has 3 nitrogen and oxygen atoms in total. The van der Waals surface area contributed by atoms with Gasteiger partial charge in [-0.3, -0.25) is 9.78 Å². The third-order valence-electron chi connectivity index (χ3n) is 2.78. The van der Waals surface area contributed by atoms with Crippen molar-refractivity contribution >= 4 is 11.6 Å². The molecule has 0 N–H and O–H groups in total. The summed E-state index contributed by atoms with van der Waals surface area (Å²) >= 11 is 0. The van der Waals surface area contributed by atoms with Crippen molar-refractivity contribution in [2.75, 3.05) is 4.90 Å². The number of pyridine rings is 1. The zero-order valence-electron chi connectivity index (χ0n) is 8.63. The Morgan fingerprint density at radius 3 is 2.75 bits per heavy atom. The molecular weight excluding hydrogens is 200 g/mol. The summed E-state index contributed by atoms with van der Waals surface area (Å²) in [5.74, 6) is 0.0589. The topological polar surface area (TPSA) is 33.2 Å². The van der Waals surface area contributed by atoms with Crippen LogP contribution in [0, 0.1) is 0 Å². The molecule has 78 valence electrons. The molecule has 0 bridgehead atoms. The van der Waals surface area contributed by atoms with Crippen LogP contribution in [0.15, 0.2) is 48.8 Å². The molecule has 0 spiro atoms.